The SMILES string of the molecule is CC(SC1CCOCC1)C(=O)Nc1cc(Cl)ccc1N. The highest BCUT2D eigenvalue weighted by molar-refractivity contribution is 8.01. The van der Waals surface area contributed by atoms with Crippen LogP contribution in [0.4, 0.5) is 11.4 Å². The van der Waals surface area contributed by atoms with Crippen LogP contribution in [-0.4, -0.2) is 29.6 Å². The van der Waals surface area contributed by atoms with Crippen molar-refractivity contribution in [1.29, 1.82) is 0 Å². The number of anilines is 2. The average molecular weight is 315 g/mol. The standard InChI is InChI=1S/C14H19ClN2O2S/c1-9(20-11-4-6-19-7-5-11)14(18)17-13-8-10(15)2-3-12(13)16/h2-3,8-9,11H,4-7,16H2,1H3,(H,17,18). The van der Waals surface area contributed by atoms with Gasteiger partial charge < -0.3 is 15.8 Å². The normalized spacial score (nSPS) is 17.7. The van der Waals surface area contributed by atoms with E-state index in [1.165, 1.54) is 0 Å². The molecule has 4 nitrogen and oxygen atoms in total. The predicted molar refractivity (Wildman–Crippen MR) is 85.4 cm³/mol. The van der Waals surface area contributed by atoms with Gasteiger partial charge in [0.05, 0.1) is 16.6 Å². The number of nitrogens with one attached hydrogen (secondary N) is 1. The lowest BCUT2D eigenvalue weighted by Crippen LogP contribution is -2.27. The van der Waals surface area contributed by atoms with Crippen LogP contribution in [0.5, 0.6) is 0 Å². The molecule has 1 aromatic rings. The van der Waals surface area contributed by atoms with Gasteiger partial charge in [0.25, 0.3) is 0 Å². The van der Waals surface area contributed by atoms with Crippen molar-refractivity contribution in [3.63, 3.8) is 0 Å². The summed E-state index contributed by atoms with van der Waals surface area (Å²) in [6, 6.07) is 5.06. The van der Waals surface area contributed by atoms with E-state index in [4.69, 9.17) is 22.1 Å². The third-order valence-electron chi connectivity index (χ3n) is 3.21. The van der Waals surface area contributed by atoms with Gasteiger partial charge >= 0.3 is 0 Å². The highest BCUT2D eigenvalue weighted by Gasteiger charge is 2.22. The molecule has 3 N–H and O–H groups in total. The quantitative estimate of drug-likeness (QED) is 0.838. The molecular formula is C14H19ClN2O2S. The fourth-order valence-corrected chi connectivity index (χ4v) is 3.43. The Bertz CT molecular complexity index is 478. The highest BCUT2D eigenvalue weighted by atomic mass is 35.5. The molecule has 0 aliphatic carbocycles. The van der Waals surface area contributed by atoms with E-state index < -0.39 is 0 Å². The van der Waals surface area contributed by atoms with Gasteiger partial charge in [-0.05, 0) is 38.0 Å². The Hall–Kier alpha value is -0.910. The van der Waals surface area contributed by atoms with Crippen LogP contribution in [0.15, 0.2) is 18.2 Å². The number of ether oxygens (including phenoxy) is 1. The van der Waals surface area contributed by atoms with Crippen molar-refractivity contribution in [2.75, 3.05) is 24.3 Å². The minimum absolute atomic E-state index is 0.0459. The molecule has 20 heavy (non-hydrogen) atoms. The fourth-order valence-electron chi connectivity index (χ4n) is 2.03. The summed E-state index contributed by atoms with van der Waals surface area (Å²) in [7, 11) is 0. The Labute approximate surface area is 128 Å². The van der Waals surface area contributed by atoms with Crippen molar-refractivity contribution < 1.29 is 9.53 Å². The van der Waals surface area contributed by atoms with Gasteiger partial charge in [0.15, 0.2) is 0 Å². The molecule has 0 bridgehead atoms. The maximum Gasteiger partial charge on any atom is 0.237 e. The van der Waals surface area contributed by atoms with E-state index in [-0.39, 0.29) is 11.2 Å². The van der Waals surface area contributed by atoms with Gasteiger partial charge in [-0.1, -0.05) is 11.6 Å². The van der Waals surface area contributed by atoms with Gasteiger partial charge in [-0.25, -0.2) is 0 Å². The summed E-state index contributed by atoms with van der Waals surface area (Å²) in [4.78, 5) is 12.2. The van der Waals surface area contributed by atoms with Crippen LogP contribution in [0.1, 0.15) is 19.8 Å². The number of rotatable bonds is 4. The van der Waals surface area contributed by atoms with Crippen molar-refractivity contribution >= 4 is 40.6 Å². The first-order valence-electron chi connectivity index (χ1n) is 6.65. The van der Waals surface area contributed by atoms with Gasteiger partial charge in [0.2, 0.25) is 5.91 Å². The van der Waals surface area contributed by atoms with Crippen LogP contribution in [0, 0.1) is 0 Å². The van der Waals surface area contributed by atoms with E-state index in [1.807, 2.05) is 6.92 Å². The number of hydrogen-bond acceptors (Lipinski definition) is 4. The monoisotopic (exact) mass is 314 g/mol. The van der Waals surface area contributed by atoms with E-state index in [0.29, 0.717) is 21.6 Å². The summed E-state index contributed by atoms with van der Waals surface area (Å²) >= 11 is 7.60. The number of nitrogens with two attached hydrogens (primary N) is 1. The third-order valence-corrected chi connectivity index (χ3v) is 4.92. The maximum absolute atomic E-state index is 12.2. The van der Waals surface area contributed by atoms with Crippen molar-refractivity contribution in [2.45, 2.75) is 30.3 Å². The van der Waals surface area contributed by atoms with Gasteiger partial charge in [0.1, 0.15) is 0 Å². The number of hydrogen-bond donors (Lipinski definition) is 2. The highest BCUT2D eigenvalue weighted by Crippen LogP contribution is 2.28. The molecule has 0 aromatic heterocycles. The second-order valence-corrected chi connectivity index (χ2v) is 6.89. The summed E-state index contributed by atoms with van der Waals surface area (Å²) in [5, 5.41) is 3.75. The maximum atomic E-state index is 12.2. The molecular weight excluding hydrogens is 296 g/mol. The first-order valence-corrected chi connectivity index (χ1v) is 7.97. The number of amides is 1. The molecule has 110 valence electrons. The van der Waals surface area contributed by atoms with Crippen LogP contribution in [0.3, 0.4) is 0 Å². The zero-order valence-corrected chi connectivity index (χ0v) is 13.0. The fraction of sp³-hybridized carbons (Fsp3) is 0.500. The molecule has 0 saturated carbocycles. The van der Waals surface area contributed by atoms with Gasteiger partial charge in [-0.3, -0.25) is 4.79 Å². The van der Waals surface area contributed by atoms with Crippen LogP contribution in [-0.2, 0) is 9.53 Å². The molecule has 2 rings (SSSR count). The van der Waals surface area contributed by atoms with Gasteiger partial charge in [0, 0.05) is 23.5 Å². The smallest absolute Gasteiger partial charge is 0.237 e. The third kappa shape index (κ3) is 4.30. The lowest BCUT2D eigenvalue weighted by atomic mass is 10.2. The van der Waals surface area contributed by atoms with E-state index in [9.17, 15) is 4.79 Å². The molecule has 1 unspecified atom stereocenters. The number of carbonyl (C=O) groups excluding carboxylic acids is 1. The Balaban J connectivity index is 1.91. The van der Waals surface area contributed by atoms with Crippen LogP contribution in [0.2, 0.25) is 5.02 Å². The van der Waals surface area contributed by atoms with Crippen LogP contribution < -0.4 is 11.1 Å². The number of benzene rings is 1. The second-order valence-electron chi connectivity index (χ2n) is 4.81. The first-order chi connectivity index (χ1) is 9.56. The zero-order chi connectivity index (χ0) is 14.5. The minimum atomic E-state index is -0.128. The summed E-state index contributed by atoms with van der Waals surface area (Å²) < 4.78 is 5.32. The summed E-state index contributed by atoms with van der Waals surface area (Å²) in [5.74, 6) is -0.0459. The number of thioether (sulfide) groups is 1. The molecule has 1 atom stereocenters. The molecule has 1 aliphatic rings. The Morgan fingerprint density at radius 3 is 2.90 bits per heavy atom. The Morgan fingerprint density at radius 1 is 1.50 bits per heavy atom. The van der Waals surface area contributed by atoms with E-state index in [1.54, 1.807) is 30.0 Å². The molecule has 1 aromatic carbocycles. The van der Waals surface area contributed by atoms with Crippen LogP contribution >= 0.6 is 23.4 Å². The molecule has 1 aliphatic heterocycles. The summed E-state index contributed by atoms with van der Waals surface area (Å²) in [5.41, 5.74) is 6.92. The van der Waals surface area contributed by atoms with Gasteiger partial charge in [-0.2, -0.15) is 0 Å². The van der Waals surface area contributed by atoms with Crippen molar-refractivity contribution in [1.82, 2.24) is 0 Å². The topological polar surface area (TPSA) is 64.3 Å². The lowest BCUT2D eigenvalue weighted by Gasteiger charge is -2.24. The molecule has 6 heteroatoms. The zero-order valence-electron chi connectivity index (χ0n) is 11.4. The number of nitrogen functional groups attached to an aromatic ring is 1. The van der Waals surface area contributed by atoms with Crippen molar-refractivity contribution in [2.24, 2.45) is 0 Å². The number of halogens is 1. The predicted octanol–water partition coefficient (Wildman–Crippen LogP) is 3.16. The molecule has 1 fully saturated rings. The van der Waals surface area contributed by atoms with Crippen molar-refractivity contribution in [3.8, 4) is 0 Å². The van der Waals surface area contributed by atoms with E-state index in [0.717, 1.165) is 26.1 Å². The van der Waals surface area contributed by atoms with E-state index >= 15 is 0 Å². The first kappa shape index (κ1) is 15.5. The number of carbonyl (C=O) groups is 1. The molecule has 1 heterocycles. The molecule has 1 amide bonds. The van der Waals surface area contributed by atoms with E-state index in [2.05, 4.69) is 5.32 Å². The second kappa shape index (κ2) is 7.20. The summed E-state index contributed by atoms with van der Waals surface area (Å²) in [6.07, 6.45) is 2.00. The average Bonchev–Trinajstić information content (AvgIpc) is 2.44. The van der Waals surface area contributed by atoms with Crippen molar-refractivity contribution in [3.05, 3.63) is 23.2 Å². The largest absolute Gasteiger partial charge is 0.397 e. The summed E-state index contributed by atoms with van der Waals surface area (Å²) in [6.45, 7) is 3.48. The minimum Gasteiger partial charge on any atom is -0.397 e. The van der Waals surface area contributed by atoms with Crippen LogP contribution in [0.25, 0.3) is 0 Å². The lowest BCUT2D eigenvalue weighted by molar-refractivity contribution is -0.115. The Morgan fingerprint density at radius 2 is 2.20 bits per heavy atom. The molecule has 1 saturated heterocycles. The Kier molecular flexibility index (Phi) is 5.57. The molecule has 0 spiro atoms. The van der Waals surface area contributed by atoms with Gasteiger partial charge in [-0.15, -0.1) is 11.8 Å². The molecule has 0 radical (unpaired) electrons.